The Kier molecular flexibility index (Phi) is 7.05. The van der Waals surface area contributed by atoms with E-state index in [9.17, 15) is 14.7 Å². The van der Waals surface area contributed by atoms with Crippen molar-refractivity contribution in [3.8, 4) is 0 Å². The van der Waals surface area contributed by atoms with E-state index in [1.807, 2.05) is 36.4 Å². The molecule has 1 aromatic heterocycles. The molecule has 2 bridgehead atoms. The summed E-state index contributed by atoms with van der Waals surface area (Å²) in [6.07, 6.45) is -2.15. The van der Waals surface area contributed by atoms with E-state index >= 15 is 0 Å². The Morgan fingerprint density at radius 3 is 2.16 bits per heavy atom. The zero-order valence-corrected chi connectivity index (χ0v) is 23.0. The fourth-order valence-electron chi connectivity index (χ4n) is 5.88. The molecule has 3 aromatic rings. The molecule has 2 saturated heterocycles. The molecule has 2 aliphatic rings. The molecule has 2 fully saturated rings. The Morgan fingerprint density at radius 2 is 1.63 bits per heavy atom. The highest BCUT2D eigenvalue weighted by molar-refractivity contribution is 6.99. The Balaban J connectivity index is 1.59. The van der Waals surface area contributed by atoms with E-state index in [1.54, 1.807) is 7.11 Å². The van der Waals surface area contributed by atoms with E-state index in [4.69, 9.17) is 18.6 Å². The highest BCUT2D eigenvalue weighted by Crippen LogP contribution is 2.49. The summed E-state index contributed by atoms with van der Waals surface area (Å²) in [5.74, 6) is 0. The molecular weight excluding hydrogens is 504 g/mol. The molecule has 10 heteroatoms. The summed E-state index contributed by atoms with van der Waals surface area (Å²) in [5, 5.41) is 13.4. The normalized spacial score (nSPS) is 27.1. The van der Waals surface area contributed by atoms with Gasteiger partial charge in [0, 0.05) is 19.4 Å². The molecule has 0 spiro atoms. The molecule has 2 N–H and O–H groups in total. The van der Waals surface area contributed by atoms with Crippen LogP contribution in [0.5, 0.6) is 0 Å². The lowest BCUT2D eigenvalue weighted by Crippen LogP contribution is -2.68. The van der Waals surface area contributed by atoms with Gasteiger partial charge in [0.2, 0.25) is 0 Å². The maximum atomic E-state index is 12.6. The first-order valence-corrected chi connectivity index (χ1v) is 14.6. The molecule has 3 heterocycles. The van der Waals surface area contributed by atoms with Crippen LogP contribution in [0.15, 0.2) is 82.5 Å². The fraction of sp³-hybridized carbons (Fsp3) is 0.429. The molecule has 0 saturated carbocycles. The van der Waals surface area contributed by atoms with Crippen molar-refractivity contribution in [2.45, 2.75) is 56.0 Å². The molecular formula is C28H34N2O7Si. The highest BCUT2D eigenvalue weighted by atomic mass is 28.4. The number of rotatable bonds is 8. The number of fused-ring (bicyclic) bond motifs is 2. The van der Waals surface area contributed by atoms with Crippen molar-refractivity contribution >= 4 is 18.7 Å². The molecule has 0 unspecified atom stereocenters. The molecule has 0 radical (unpaired) electrons. The summed E-state index contributed by atoms with van der Waals surface area (Å²) < 4.78 is 26.5. The smallest absolute Gasteiger partial charge is 0.330 e. The largest absolute Gasteiger partial charge is 0.404 e. The SMILES string of the molecule is COC[C@@H]1O[C@H]2[C@H](n3ccc(=O)[nH]c3=O)O[C@]1(CO[Si](c1ccccc1)(c1ccccc1)C(C)(C)C)[C@H]2O. The number of aromatic amines is 1. The van der Waals surface area contributed by atoms with Crippen LogP contribution in [-0.2, 0) is 18.6 Å². The summed E-state index contributed by atoms with van der Waals surface area (Å²) in [4.78, 5) is 26.5. The number of methoxy groups -OCH3 is 1. The molecule has 0 aliphatic carbocycles. The number of aromatic nitrogens is 2. The van der Waals surface area contributed by atoms with E-state index in [1.165, 1.54) is 16.8 Å². The van der Waals surface area contributed by atoms with Gasteiger partial charge >= 0.3 is 5.69 Å². The summed E-state index contributed by atoms with van der Waals surface area (Å²) in [7, 11) is -1.41. The predicted octanol–water partition coefficient (Wildman–Crippen LogP) is 1.16. The van der Waals surface area contributed by atoms with Crippen LogP contribution in [0.25, 0.3) is 0 Å². The second-order valence-corrected chi connectivity index (χ2v) is 15.2. The third kappa shape index (κ3) is 4.21. The Morgan fingerprint density at radius 1 is 1.03 bits per heavy atom. The quantitative estimate of drug-likeness (QED) is 0.414. The van der Waals surface area contributed by atoms with Crippen LogP contribution in [0.4, 0.5) is 0 Å². The fourth-order valence-corrected chi connectivity index (χ4v) is 10.5. The van der Waals surface area contributed by atoms with Gasteiger partial charge in [-0.3, -0.25) is 14.3 Å². The minimum atomic E-state index is -2.97. The summed E-state index contributed by atoms with van der Waals surface area (Å²) >= 11 is 0. The minimum Gasteiger partial charge on any atom is -0.404 e. The lowest BCUT2D eigenvalue weighted by Gasteiger charge is -2.46. The first-order chi connectivity index (χ1) is 18.1. The molecule has 38 heavy (non-hydrogen) atoms. The van der Waals surface area contributed by atoms with Gasteiger partial charge in [-0.2, -0.15) is 0 Å². The van der Waals surface area contributed by atoms with E-state index < -0.39 is 49.7 Å². The van der Waals surface area contributed by atoms with Crippen LogP contribution in [-0.4, -0.2) is 67.2 Å². The van der Waals surface area contributed by atoms with Crippen molar-refractivity contribution in [1.82, 2.24) is 9.55 Å². The number of benzene rings is 2. The van der Waals surface area contributed by atoms with Crippen LogP contribution in [0.3, 0.4) is 0 Å². The number of ether oxygens (including phenoxy) is 3. The average molecular weight is 539 g/mol. The minimum absolute atomic E-state index is 0.0145. The number of nitrogens with zero attached hydrogens (tertiary/aromatic N) is 1. The number of H-pyrrole nitrogens is 1. The number of hydrogen-bond acceptors (Lipinski definition) is 7. The summed E-state index contributed by atoms with van der Waals surface area (Å²) in [6, 6.07) is 21.6. The van der Waals surface area contributed by atoms with Gasteiger partial charge in [0.05, 0.1) is 13.2 Å². The van der Waals surface area contributed by atoms with E-state index in [0.29, 0.717) is 0 Å². The highest BCUT2D eigenvalue weighted by Gasteiger charge is 2.68. The number of nitrogens with one attached hydrogen (secondary N) is 1. The van der Waals surface area contributed by atoms with Crippen molar-refractivity contribution in [3.05, 3.63) is 93.8 Å². The average Bonchev–Trinajstić information content (AvgIpc) is 3.31. The first-order valence-electron chi connectivity index (χ1n) is 12.7. The van der Waals surface area contributed by atoms with Crippen LogP contribution >= 0.6 is 0 Å². The molecule has 9 nitrogen and oxygen atoms in total. The third-order valence-corrected chi connectivity index (χ3v) is 12.7. The van der Waals surface area contributed by atoms with Crippen molar-refractivity contribution in [2.75, 3.05) is 20.3 Å². The standard InChI is InChI=1S/C28H34N2O7Si/c1-27(2,3)38(19-11-7-5-8-12-19,20-13-9-6-10-14-20)35-18-28-21(17-34-4)36-23(24(28)32)25(37-28)30-16-15-22(31)29-26(30)33/h5-16,21,23-25,32H,17-18H2,1-4H3,(H,29,31,33)/t21-,23+,24-,25+,28-/m0/s1. The van der Waals surface area contributed by atoms with Crippen LogP contribution in [0.1, 0.15) is 27.0 Å². The Labute approximate surface area is 222 Å². The monoisotopic (exact) mass is 538 g/mol. The lowest BCUT2D eigenvalue weighted by molar-refractivity contribution is -0.231. The second kappa shape index (κ2) is 10.0. The van der Waals surface area contributed by atoms with Gasteiger partial charge in [0.15, 0.2) is 6.23 Å². The topological polar surface area (TPSA) is 112 Å². The van der Waals surface area contributed by atoms with Gasteiger partial charge in [0.1, 0.15) is 23.9 Å². The van der Waals surface area contributed by atoms with Crippen molar-refractivity contribution in [2.24, 2.45) is 0 Å². The maximum Gasteiger partial charge on any atom is 0.330 e. The van der Waals surface area contributed by atoms with Gasteiger partial charge in [-0.1, -0.05) is 81.4 Å². The molecule has 5 atom stereocenters. The van der Waals surface area contributed by atoms with Crippen molar-refractivity contribution in [1.29, 1.82) is 0 Å². The molecule has 0 amide bonds. The first kappa shape index (κ1) is 26.7. The molecule has 2 aromatic carbocycles. The van der Waals surface area contributed by atoms with Gasteiger partial charge < -0.3 is 23.7 Å². The van der Waals surface area contributed by atoms with E-state index in [2.05, 4.69) is 50.0 Å². The second-order valence-electron chi connectivity index (χ2n) is 10.9. The maximum absolute atomic E-state index is 12.6. The van der Waals surface area contributed by atoms with Crippen LogP contribution < -0.4 is 21.6 Å². The molecule has 2 aliphatic heterocycles. The predicted molar refractivity (Wildman–Crippen MR) is 144 cm³/mol. The zero-order chi connectivity index (χ0) is 27.1. The van der Waals surface area contributed by atoms with Gasteiger partial charge in [-0.15, -0.1) is 0 Å². The molecule has 202 valence electrons. The van der Waals surface area contributed by atoms with Gasteiger partial charge in [-0.25, -0.2) is 4.79 Å². The number of aliphatic hydroxyl groups is 1. The Bertz CT molecular complexity index is 1330. The van der Waals surface area contributed by atoms with E-state index in [-0.39, 0.29) is 18.3 Å². The Hall–Kier alpha value is -2.86. The lowest BCUT2D eigenvalue weighted by atomic mass is 9.94. The van der Waals surface area contributed by atoms with Gasteiger partial charge in [0.25, 0.3) is 13.9 Å². The van der Waals surface area contributed by atoms with Gasteiger partial charge in [-0.05, 0) is 15.4 Å². The number of hydrogen-bond donors (Lipinski definition) is 2. The molecule has 5 rings (SSSR count). The summed E-state index contributed by atoms with van der Waals surface area (Å²) in [6.45, 7) is 6.70. The zero-order valence-electron chi connectivity index (χ0n) is 22.0. The van der Waals surface area contributed by atoms with E-state index in [0.717, 1.165) is 10.4 Å². The van der Waals surface area contributed by atoms with Crippen LogP contribution in [0, 0.1) is 0 Å². The summed E-state index contributed by atoms with van der Waals surface area (Å²) in [5.41, 5.74) is -2.45. The van der Waals surface area contributed by atoms with Crippen molar-refractivity contribution < 1.29 is 23.7 Å². The van der Waals surface area contributed by atoms with Crippen LogP contribution in [0.2, 0.25) is 5.04 Å². The van der Waals surface area contributed by atoms with Crippen molar-refractivity contribution in [3.63, 3.8) is 0 Å². The third-order valence-electron chi connectivity index (χ3n) is 7.67. The number of aliphatic hydroxyl groups excluding tert-OH is 1.